The van der Waals surface area contributed by atoms with Gasteiger partial charge in [0.25, 0.3) is 0 Å². The lowest BCUT2D eigenvalue weighted by Crippen LogP contribution is -2.23. The molecule has 0 saturated carbocycles. The van der Waals surface area contributed by atoms with Crippen molar-refractivity contribution in [3.8, 4) is 0 Å². The lowest BCUT2D eigenvalue weighted by molar-refractivity contribution is 0.223. The Morgan fingerprint density at radius 3 is 2.67 bits per heavy atom. The molecule has 0 aromatic carbocycles. The van der Waals surface area contributed by atoms with E-state index in [2.05, 4.69) is 32.6 Å². The minimum atomic E-state index is -0.369. The largest absolute Gasteiger partial charge is 0.509 e. The topological polar surface area (TPSA) is 40.5 Å². The lowest BCUT2D eigenvalue weighted by atomic mass is 9.70. The third kappa shape index (κ3) is 4.75. The highest BCUT2D eigenvalue weighted by Crippen LogP contribution is 2.43. The predicted molar refractivity (Wildman–Crippen MR) is 90.1 cm³/mol. The van der Waals surface area contributed by atoms with E-state index in [9.17, 15) is 10.2 Å². The highest BCUT2D eigenvalue weighted by Gasteiger charge is 2.30. The van der Waals surface area contributed by atoms with Crippen LogP contribution in [-0.4, -0.2) is 16.3 Å². The molecule has 1 aliphatic rings. The highest BCUT2D eigenvalue weighted by atomic mass is 16.3. The van der Waals surface area contributed by atoms with Crippen LogP contribution >= 0.6 is 0 Å². The van der Waals surface area contributed by atoms with Crippen LogP contribution in [0, 0.1) is 5.41 Å². The molecule has 0 fully saturated rings. The van der Waals surface area contributed by atoms with Gasteiger partial charge in [-0.25, -0.2) is 0 Å². The molecule has 0 saturated heterocycles. The molecule has 2 atom stereocenters. The highest BCUT2D eigenvalue weighted by molar-refractivity contribution is 5.43. The van der Waals surface area contributed by atoms with Crippen molar-refractivity contribution in [3.05, 3.63) is 59.9 Å². The Morgan fingerprint density at radius 1 is 1.48 bits per heavy atom. The van der Waals surface area contributed by atoms with Crippen LogP contribution in [0.15, 0.2) is 59.9 Å². The van der Waals surface area contributed by atoms with Gasteiger partial charge in [-0.05, 0) is 37.0 Å². The van der Waals surface area contributed by atoms with E-state index in [1.807, 2.05) is 25.2 Å². The molecule has 0 aromatic heterocycles. The Kier molecular flexibility index (Phi) is 6.70. The van der Waals surface area contributed by atoms with Crippen LogP contribution in [0.4, 0.5) is 0 Å². The number of allylic oxidation sites excluding steroid dienone is 6. The average Bonchev–Trinajstić information content (AvgIpc) is 2.46. The van der Waals surface area contributed by atoms with Crippen LogP contribution in [0.2, 0.25) is 0 Å². The monoisotopic (exact) mass is 288 g/mol. The molecule has 2 heteroatoms. The van der Waals surface area contributed by atoms with E-state index in [1.54, 1.807) is 6.08 Å². The molecule has 21 heavy (non-hydrogen) atoms. The first kappa shape index (κ1) is 17.5. The second kappa shape index (κ2) is 8.04. The molecule has 0 aromatic rings. The van der Waals surface area contributed by atoms with Crippen molar-refractivity contribution in [1.82, 2.24) is 0 Å². The maximum Gasteiger partial charge on any atom is 0.108 e. The van der Waals surface area contributed by atoms with Gasteiger partial charge >= 0.3 is 0 Å². The third-order valence-electron chi connectivity index (χ3n) is 4.15. The lowest BCUT2D eigenvalue weighted by Gasteiger charge is -2.34. The first-order valence-corrected chi connectivity index (χ1v) is 7.73. The molecule has 0 heterocycles. The molecule has 2 N–H and O–H groups in total. The Hall–Kier alpha value is -1.54. The average molecular weight is 288 g/mol. The number of hydrogen-bond acceptors (Lipinski definition) is 2. The van der Waals surface area contributed by atoms with Crippen molar-refractivity contribution >= 4 is 0 Å². The fourth-order valence-electron chi connectivity index (χ4n) is 2.79. The van der Waals surface area contributed by atoms with Gasteiger partial charge in [-0.15, -0.1) is 0 Å². The molecule has 0 amide bonds. The van der Waals surface area contributed by atoms with Crippen molar-refractivity contribution < 1.29 is 10.2 Å². The van der Waals surface area contributed by atoms with E-state index in [0.29, 0.717) is 6.42 Å². The summed E-state index contributed by atoms with van der Waals surface area (Å²) < 4.78 is 0. The minimum absolute atomic E-state index is 0.0655. The van der Waals surface area contributed by atoms with Gasteiger partial charge in [-0.1, -0.05) is 63.6 Å². The molecule has 0 radical (unpaired) electrons. The fraction of sp³-hybridized carbons (Fsp3) is 0.474. The van der Waals surface area contributed by atoms with Gasteiger partial charge in [0.2, 0.25) is 0 Å². The zero-order chi connectivity index (χ0) is 15.9. The second-order valence-corrected chi connectivity index (χ2v) is 5.83. The summed E-state index contributed by atoms with van der Waals surface area (Å²) in [7, 11) is 0. The Labute approximate surface area is 128 Å². The summed E-state index contributed by atoms with van der Waals surface area (Å²) in [5.74, 6) is 0.0655. The molecule has 0 spiro atoms. The summed E-state index contributed by atoms with van der Waals surface area (Å²) in [4.78, 5) is 0. The SMILES string of the molecule is C=C(O)/C=C\C(=C/C)C(C)(CCCC)C1=CCC(O)C=C1. The third-order valence-corrected chi connectivity index (χ3v) is 4.15. The number of rotatable bonds is 7. The zero-order valence-corrected chi connectivity index (χ0v) is 13.5. The molecule has 116 valence electrons. The van der Waals surface area contributed by atoms with Crippen molar-refractivity contribution in [3.63, 3.8) is 0 Å². The van der Waals surface area contributed by atoms with Crippen LogP contribution < -0.4 is 0 Å². The van der Waals surface area contributed by atoms with E-state index in [1.165, 1.54) is 11.1 Å². The van der Waals surface area contributed by atoms with Gasteiger partial charge in [0.05, 0.1) is 6.10 Å². The summed E-state index contributed by atoms with van der Waals surface area (Å²) in [5.41, 5.74) is 2.30. The predicted octanol–water partition coefficient (Wildman–Crippen LogP) is 5.00. The van der Waals surface area contributed by atoms with E-state index in [4.69, 9.17) is 0 Å². The van der Waals surface area contributed by atoms with E-state index < -0.39 is 0 Å². The summed E-state index contributed by atoms with van der Waals surface area (Å²) in [5, 5.41) is 18.9. The maximum atomic E-state index is 9.64. The van der Waals surface area contributed by atoms with Crippen molar-refractivity contribution in [2.75, 3.05) is 0 Å². The summed E-state index contributed by atoms with van der Waals surface area (Å²) in [6.07, 6.45) is 15.3. The van der Waals surface area contributed by atoms with Crippen LogP contribution in [-0.2, 0) is 0 Å². The number of hydrogen-bond donors (Lipinski definition) is 2. The number of aliphatic hydroxyl groups excluding tert-OH is 2. The van der Waals surface area contributed by atoms with Crippen molar-refractivity contribution in [2.24, 2.45) is 5.41 Å². The van der Waals surface area contributed by atoms with E-state index in [-0.39, 0.29) is 17.3 Å². The molecule has 0 aliphatic heterocycles. The number of unbranched alkanes of at least 4 members (excludes halogenated alkanes) is 1. The van der Waals surface area contributed by atoms with Gasteiger partial charge in [0.15, 0.2) is 0 Å². The summed E-state index contributed by atoms with van der Waals surface area (Å²) in [6, 6.07) is 0. The normalized spacial score (nSPS) is 22.2. The molecular formula is C19H28O2. The summed E-state index contributed by atoms with van der Waals surface area (Å²) in [6.45, 7) is 9.95. The molecular weight excluding hydrogens is 260 g/mol. The minimum Gasteiger partial charge on any atom is -0.509 e. The molecule has 1 aliphatic carbocycles. The van der Waals surface area contributed by atoms with Gasteiger partial charge in [0.1, 0.15) is 5.76 Å². The molecule has 2 nitrogen and oxygen atoms in total. The van der Waals surface area contributed by atoms with Gasteiger partial charge in [-0.3, -0.25) is 0 Å². The molecule has 0 bridgehead atoms. The van der Waals surface area contributed by atoms with Gasteiger partial charge < -0.3 is 10.2 Å². The van der Waals surface area contributed by atoms with Crippen LogP contribution in [0.1, 0.15) is 46.5 Å². The zero-order valence-electron chi connectivity index (χ0n) is 13.5. The Morgan fingerprint density at radius 2 is 2.19 bits per heavy atom. The fourth-order valence-corrected chi connectivity index (χ4v) is 2.79. The Balaban J connectivity index is 3.13. The van der Waals surface area contributed by atoms with Crippen LogP contribution in [0.25, 0.3) is 0 Å². The molecule has 1 rings (SSSR count). The van der Waals surface area contributed by atoms with Crippen LogP contribution in [0.5, 0.6) is 0 Å². The first-order chi connectivity index (χ1) is 9.93. The molecule has 2 unspecified atom stereocenters. The maximum absolute atomic E-state index is 9.64. The van der Waals surface area contributed by atoms with E-state index >= 15 is 0 Å². The van der Waals surface area contributed by atoms with Crippen LogP contribution in [0.3, 0.4) is 0 Å². The first-order valence-electron chi connectivity index (χ1n) is 7.73. The second-order valence-electron chi connectivity index (χ2n) is 5.83. The number of aliphatic hydroxyl groups is 2. The van der Waals surface area contributed by atoms with Gasteiger partial charge in [-0.2, -0.15) is 0 Å². The van der Waals surface area contributed by atoms with Crippen molar-refractivity contribution in [2.45, 2.75) is 52.6 Å². The van der Waals surface area contributed by atoms with Gasteiger partial charge in [0, 0.05) is 5.41 Å². The smallest absolute Gasteiger partial charge is 0.108 e. The summed E-state index contributed by atoms with van der Waals surface area (Å²) >= 11 is 0. The Bertz CT molecular complexity index is 480. The van der Waals surface area contributed by atoms with Crippen molar-refractivity contribution in [1.29, 1.82) is 0 Å². The quantitative estimate of drug-likeness (QED) is 0.511. The standard InChI is InChI=1S/C19H28O2/c1-5-7-14-19(4,16(6-2)9-8-15(3)20)17-10-12-18(21)13-11-17/h6,8-12,18,20-21H,3,5,7,13-14H2,1-2,4H3/b9-8-,16-6+. The van der Waals surface area contributed by atoms with E-state index in [0.717, 1.165) is 19.3 Å².